The maximum absolute atomic E-state index is 12.3. The molecule has 0 radical (unpaired) electrons. The molecule has 0 saturated carbocycles. The van der Waals surface area contributed by atoms with Gasteiger partial charge in [-0.1, -0.05) is 0 Å². The van der Waals surface area contributed by atoms with E-state index in [9.17, 15) is 9.59 Å². The monoisotopic (exact) mass is 261 g/mol. The van der Waals surface area contributed by atoms with Crippen LogP contribution in [0, 0.1) is 0 Å². The van der Waals surface area contributed by atoms with Crippen LogP contribution in [0.25, 0.3) is 0 Å². The van der Waals surface area contributed by atoms with Gasteiger partial charge in [0.15, 0.2) is 0 Å². The molecule has 1 saturated heterocycles. The molecule has 2 rings (SSSR count). The molecule has 5 heteroatoms. The molecular weight excluding hydrogens is 242 g/mol. The second kappa shape index (κ2) is 4.99. The van der Waals surface area contributed by atoms with Crippen molar-refractivity contribution in [3.63, 3.8) is 0 Å². The largest absolute Gasteiger partial charge is 0.342 e. The number of pyridine rings is 1. The fourth-order valence-corrected chi connectivity index (χ4v) is 2.38. The van der Waals surface area contributed by atoms with Crippen LogP contribution in [0.5, 0.6) is 0 Å². The van der Waals surface area contributed by atoms with Crippen molar-refractivity contribution in [2.45, 2.75) is 32.2 Å². The lowest BCUT2D eigenvalue weighted by atomic mass is 9.90. The van der Waals surface area contributed by atoms with Crippen LogP contribution >= 0.6 is 0 Å². The van der Waals surface area contributed by atoms with Crippen LogP contribution in [0.3, 0.4) is 0 Å². The number of amides is 2. The van der Waals surface area contributed by atoms with Gasteiger partial charge in [0.1, 0.15) is 5.54 Å². The van der Waals surface area contributed by atoms with Crippen LogP contribution in [0.2, 0.25) is 0 Å². The van der Waals surface area contributed by atoms with E-state index in [1.807, 2.05) is 12.1 Å². The number of nitrogens with zero attached hydrogens (tertiary/aromatic N) is 2. The van der Waals surface area contributed by atoms with Gasteiger partial charge in [0, 0.05) is 38.3 Å². The Morgan fingerprint density at radius 3 is 2.42 bits per heavy atom. The summed E-state index contributed by atoms with van der Waals surface area (Å²) in [6.45, 7) is 6.29. The summed E-state index contributed by atoms with van der Waals surface area (Å²) in [6, 6.07) is 3.96. The molecular formula is C14H19N3O2. The summed E-state index contributed by atoms with van der Waals surface area (Å²) in [5.41, 5.74) is 0.367. The Morgan fingerprint density at radius 2 is 1.89 bits per heavy atom. The van der Waals surface area contributed by atoms with Gasteiger partial charge >= 0.3 is 0 Å². The van der Waals surface area contributed by atoms with Crippen LogP contribution in [0.4, 0.5) is 0 Å². The number of carbonyl (C=O) groups is 2. The second-order valence-corrected chi connectivity index (χ2v) is 5.49. The van der Waals surface area contributed by atoms with E-state index in [0.29, 0.717) is 19.0 Å². The van der Waals surface area contributed by atoms with Crippen molar-refractivity contribution in [3.8, 4) is 0 Å². The van der Waals surface area contributed by atoms with E-state index in [1.54, 1.807) is 31.1 Å². The van der Waals surface area contributed by atoms with Crippen molar-refractivity contribution in [2.75, 3.05) is 13.1 Å². The van der Waals surface area contributed by atoms with Gasteiger partial charge in [-0.15, -0.1) is 0 Å². The molecule has 0 atom stereocenters. The number of rotatable bonds is 3. The number of aromatic nitrogens is 1. The zero-order valence-corrected chi connectivity index (χ0v) is 11.5. The van der Waals surface area contributed by atoms with E-state index >= 15 is 0 Å². The standard InChI is InChI=1S/C14H19N3O2/c1-10(18)16-14(2,3)13(19)17-8-12(9-17)11-4-6-15-7-5-11/h4-7,12H,8-9H2,1-3H3,(H,16,18). The maximum atomic E-state index is 12.3. The number of carbonyl (C=O) groups excluding carboxylic acids is 2. The SMILES string of the molecule is CC(=O)NC(C)(C)C(=O)N1CC(c2ccncc2)C1. The summed E-state index contributed by atoms with van der Waals surface area (Å²) in [7, 11) is 0. The van der Waals surface area contributed by atoms with E-state index in [-0.39, 0.29) is 11.8 Å². The minimum absolute atomic E-state index is 0.0343. The molecule has 5 nitrogen and oxygen atoms in total. The fourth-order valence-electron chi connectivity index (χ4n) is 2.38. The number of nitrogens with one attached hydrogen (secondary N) is 1. The highest BCUT2D eigenvalue weighted by molar-refractivity contribution is 5.90. The van der Waals surface area contributed by atoms with Gasteiger partial charge in [-0.2, -0.15) is 0 Å². The topological polar surface area (TPSA) is 62.3 Å². The Kier molecular flexibility index (Phi) is 3.55. The first-order valence-electron chi connectivity index (χ1n) is 6.38. The maximum Gasteiger partial charge on any atom is 0.247 e. The Balaban J connectivity index is 1.93. The van der Waals surface area contributed by atoms with Gasteiger partial charge in [0.05, 0.1) is 0 Å². The number of likely N-dealkylation sites (tertiary alicyclic amines) is 1. The molecule has 0 spiro atoms. The van der Waals surface area contributed by atoms with Gasteiger partial charge in [-0.3, -0.25) is 14.6 Å². The molecule has 1 aromatic rings. The minimum atomic E-state index is -0.838. The summed E-state index contributed by atoms with van der Waals surface area (Å²) in [5, 5.41) is 2.68. The first kappa shape index (κ1) is 13.5. The summed E-state index contributed by atoms with van der Waals surface area (Å²) in [5.74, 6) is 0.151. The van der Waals surface area contributed by atoms with Crippen LogP contribution in [-0.2, 0) is 9.59 Å². The Bertz CT molecular complexity index is 479. The van der Waals surface area contributed by atoms with Gasteiger partial charge in [0.2, 0.25) is 11.8 Å². The molecule has 0 aromatic carbocycles. The van der Waals surface area contributed by atoms with Crippen LogP contribution in [0.1, 0.15) is 32.3 Å². The molecule has 1 aliphatic rings. The van der Waals surface area contributed by atoms with E-state index in [4.69, 9.17) is 0 Å². The smallest absolute Gasteiger partial charge is 0.247 e. The molecule has 2 heterocycles. The average Bonchev–Trinajstić information content (AvgIpc) is 2.26. The first-order chi connectivity index (χ1) is 8.90. The van der Waals surface area contributed by atoms with Crippen molar-refractivity contribution < 1.29 is 9.59 Å². The molecule has 19 heavy (non-hydrogen) atoms. The summed E-state index contributed by atoms with van der Waals surface area (Å²) < 4.78 is 0. The van der Waals surface area contributed by atoms with Crippen molar-refractivity contribution in [1.29, 1.82) is 0 Å². The highest BCUT2D eigenvalue weighted by Gasteiger charge is 2.39. The fraction of sp³-hybridized carbons (Fsp3) is 0.500. The zero-order valence-electron chi connectivity index (χ0n) is 11.5. The highest BCUT2D eigenvalue weighted by atomic mass is 16.2. The van der Waals surface area contributed by atoms with Crippen LogP contribution in [-0.4, -0.2) is 40.3 Å². The minimum Gasteiger partial charge on any atom is -0.342 e. The van der Waals surface area contributed by atoms with E-state index in [1.165, 1.54) is 12.5 Å². The predicted octanol–water partition coefficient (Wildman–Crippen LogP) is 0.922. The third-order valence-corrected chi connectivity index (χ3v) is 3.37. The quantitative estimate of drug-likeness (QED) is 0.880. The van der Waals surface area contributed by atoms with E-state index in [0.717, 1.165) is 0 Å². The number of hydrogen-bond acceptors (Lipinski definition) is 3. The Hall–Kier alpha value is -1.91. The molecule has 1 fully saturated rings. The summed E-state index contributed by atoms with van der Waals surface area (Å²) in [4.78, 5) is 29.1. The Morgan fingerprint density at radius 1 is 1.32 bits per heavy atom. The molecule has 2 amide bonds. The third-order valence-electron chi connectivity index (χ3n) is 3.37. The van der Waals surface area contributed by atoms with Crippen molar-refractivity contribution >= 4 is 11.8 Å². The van der Waals surface area contributed by atoms with E-state index < -0.39 is 5.54 Å². The van der Waals surface area contributed by atoms with Crippen molar-refractivity contribution in [1.82, 2.24) is 15.2 Å². The van der Waals surface area contributed by atoms with Gasteiger partial charge in [-0.05, 0) is 31.5 Å². The predicted molar refractivity (Wildman–Crippen MR) is 71.5 cm³/mol. The average molecular weight is 261 g/mol. The first-order valence-corrected chi connectivity index (χ1v) is 6.38. The van der Waals surface area contributed by atoms with Crippen molar-refractivity contribution in [2.24, 2.45) is 0 Å². The zero-order chi connectivity index (χ0) is 14.0. The molecule has 102 valence electrons. The Labute approximate surface area is 113 Å². The third kappa shape index (κ3) is 2.92. The van der Waals surface area contributed by atoms with Crippen LogP contribution in [0.15, 0.2) is 24.5 Å². The normalized spacial score (nSPS) is 15.8. The lowest BCUT2D eigenvalue weighted by Crippen LogP contribution is -2.60. The lowest BCUT2D eigenvalue weighted by molar-refractivity contribution is -0.144. The van der Waals surface area contributed by atoms with Gasteiger partial charge in [-0.25, -0.2) is 0 Å². The van der Waals surface area contributed by atoms with Crippen molar-refractivity contribution in [3.05, 3.63) is 30.1 Å². The molecule has 1 aromatic heterocycles. The summed E-state index contributed by atoms with van der Waals surface area (Å²) in [6.07, 6.45) is 3.53. The van der Waals surface area contributed by atoms with Crippen LogP contribution < -0.4 is 5.32 Å². The molecule has 0 unspecified atom stereocenters. The lowest BCUT2D eigenvalue weighted by Gasteiger charge is -2.43. The van der Waals surface area contributed by atoms with Gasteiger partial charge in [0.25, 0.3) is 0 Å². The summed E-state index contributed by atoms with van der Waals surface area (Å²) >= 11 is 0. The highest BCUT2D eigenvalue weighted by Crippen LogP contribution is 2.28. The van der Waals surface area contributed by atoms with E-state index in [2.05, 4.69) is 10.3 Å². The molecule has 1 N–H and O–H groups in total. The molecule has 0 bridgehead atoms. The number of hydrogen-bond donors (Lipinski definition) is 1. The van der Waals surface area contributed by atoms with Gasteiger partial charge < -0.3 is 10.2 Å². The molecule has 1 aliphatic heterocycles. The molecule has 0 aliphatic carbocycles. The second-order valence-electron chi connectivity index (χ2n) is 5.49.